The highest BCUT2D eigenvalue weighted by atomic mass is 79.9. The van der Waals surface area contributed by atoms with Crippen LogP contribution in [0.25, 0.3) is 0 Å². The Morgan fingerprint density at radius 3 is 3.00 bits per heavy atom. The minimum Gasteiger partial charge on any atom is -0.271 e. The maximum Gasteiger partial charge on any atom is 0.176 e. The lowest BCUT2D eigenvalue weighted by Crippen LogP contribution is -2.29. The SMILES string of the molecule is Cn1nnc(CC(NN)c2sccc2Br)n1. The number of thiophene rings is 1. The highest BCUT2D eigenvalue weighted by Crippen LogP contribution is 2.29. The largest absolute Gasteiger partial charge is 0.271 e. The van der Waals surface area contributed by atoms with E-state index in [0.717, 1.165) is 9.35 Å². The molecule has 0 aliphatic carbocycles. The summed E-state index contributed by atoms with van der Waals surface area (Å²) < 4.78 is 1.05. The van der Waals surface area contributed by atoms with E-state index in [1.165, 1.54) is 4.80 Å². The summed E-state index contributed by atoms with van der Waals surface area (Å²) in [7, 11) is 1.74. The van der Waals surface area contributed by atoms with Gasteiger partial charge in [-0.1, -0.05) is 0 Å². The Morgan fingerprint density at radius 2 is 2.50 bits per heavy atom. The molecule has 2 heterocycles. The van der Waals surface area contributed by atoms with Crippen molar-refractivity contribution in [3.63, 3.8) is 0 Å². The maximum atomic E-state index is 5.54. The number of aromatic nitrogens is 4. The van der Waals surface area contributed by atoms with Crippen LogP contribution in [-0.4, -0.2) is 20.2 Å². The molecule has 16 heavy (non-hydrogen) atoms. The normalized spacial score (nSPS) is 12.9. The van der Waals surface area contributed by atoms with Crippen LogP contribution in [0.4, 0.5) is 0 Å². The number of rotatable bonds is 4. The van der Waals surface area contributed by atoms with Crippen molar-refractivity contribution in [2.45, 2.75) is 12.5 Å². The molecule has 1 atom stereocenters. The first-order valence-electron chi connectivity index (χ1n) is 4.62. The van der Waals surface area contributed by atoms with Gasteiger partial charge in [-0.05, 0) is 32.6 Å². The number of tetrazole rings is 1. The Labute approximate surface area is 105 Å². The smallest absolute Gasteiger partial charge is 0.176 e. The van der Waals surface area contributed by atoms with E-state index in [4.69, 9.17) is 5.84 Å². The number of nitrogens with one attached hydrogen (secondary N) is 1. The molecule has 0 saturated carbocycles. The Kier molecular flexibility index (Phi) is 3.64. The predicted molar refractivity (Wildman–Crippen MR) is 64.6 cm³/mol. The lowest BCUT2D eigenvalue weighted by atomic mass is 10.2. The first-order valence-corrected chi connectivity index (χ1v) is 6.30. The van der Waals surface area contributed by atoms with Gasteiger partial charge in [0.1, 0.15) is 0 Å². The quantitative estimate of drug-likeness (QED) is 0.644. The number of hydrogen-bond acceptors (Lipinski definition) is 6. The van der Waals surface area contributed by atoms with Gasteiger partial charge in [-0.25, -0.2) is 0 Å². The van der Waals surface area contributed by atoms with Crippen LogP contribution in [0.5, 0.6) is 0 Å². The number of nitrogens with two attached hydrogens (primary N) is 1. The van der Waals surface area contributed by atoms with E-state index in [9.17, 15) is 0 Å². The zero-order valence-corrected chi connectivity index (χ0v) is 11.0. The fraction of sp³-hybridized carbons (Fsp3) is 0.375. The lowest BCUT2D eigenvalue weighted by molar-refractivity contribution is 0.542. The molecule has 6 nitrogen and oxygen atoms in total. The van der Waals surface area contributed by atoms with Gasteiger partial charge in [-0.2, -0.15) is 4.80 Å². The average molecular weight is 303 g/mol. The molecule has 0 aliphatic rings. The molecule has 86 valence electrons. The molecule has 0 radical (unpaired) electrons. The molecule has 0 saturated heterocycles. The average Bonchev–Trinajstić information content (AvgIpc) is 2.84. The Bertz CT molecular complexity index is 467. The minimum absolute atomic E-state index is 0.00132. The first-order chi connectivity index (χ1) is 7.70. The van der Waals surface area contributed by atoms with Crippen molar-refractivity contribution >= 4 is 27.3 Å². The number of hydrogen-bond donors (Lipinski definition) is 2. The molecule has 0 bridgehead atoms. The van der Waals surface area contributed by atoms with Crippen LogP contribution >= 0.6 is 27.3 Å². The summed E-state index contributed by atoms with van der Waals surface area (Å²) in [5.74, 6) is 6.21. The van der Waals surface area contributed by atoms with E-state index in [-0.39, 0.29) is 6.04 Å². The molecule has 0 aromatic carbocycles. The summed E-state index contributed by atoms with van der Waals surface area (Å²) in [5.41, 5.74) is 2.77. The van der Waals surface area contributed by atoms with Gasteiger partial charge in [0.05, 0.1) is 13.1 Å². The fourth-order valence-electron chi connectivity index (χ4n) is 1.37. The Hall–Kier alpha value is -0.830. The number of nitrogens with zero attached hydrogens (tertiary/aromatic N) is 4. The summed E-state index contributed by atoms with van der Waals surface area (Å²) in [6, 6.07) is 1.99. The van der Waals surface area contributed by atoms with Gasteiger partial charge in [0.15, 0.2) is 5.82 Å². The van der Waals surface area contributed by atoms with E-state index in [2.05, 4.69) is 36.8 Å². The zero-order chi connectivity index (χ0) is 11.5. The van der Waals surface area contributed by atoms with Gasteiger partial charge in [-0.15, -0.1) is 21.5 Å². The summed E-state index contributed by atoms with van der Waals surface area (Å²) in [6.07, 6.45) is 0.615. The second kappa shape index (κ2) is 5.00. The van der Waals surface area contributed by atoms with Gasteiger partial charge < -0.3 is 0 Å². The topological polar surface area (TPSA) is 81.7 Å². The van der Waals surface area contributed by atoms with E-state index in [1.807, 2.05) is 11.4 Å². The Morgan fingerprint density at radius 1 is 1.69 bits per heavy atom. The predicted octanol–water partition coefficient (Wildman–Crippen LogP) is 0.781. The molecule has 0 fully saturated rings. The zero-order valence-electron chi connectivity index (χ0n) is 8.59. The van der Waals surface area contributed by atoms with Crippen molar-refractivity contribution < 1.29 is 0 Å². The molecule has 3 N–H and O–H groups in total. The van der Waals surface area contributed by atoms with Gasteiger partial charge in [0.25, 0.3) is 0 Å². The molecule has 0 aliphatic heterocycles. The van der Waals surface area contributed by atoms with E-state index in [0.29, 0.717) is 12.2 Å². The number of halogens is 1. The molecule has 2 aromatic rings. The second-order valence-corrected chi connectivity index (χ2v) is 5.05. The molecule has 2 aromatic heterocycles. The van der Waals surface area contributed by atoms with Gasteiger partial charge >= 0.3 is 0 Å². The van der Waals surface area contributed by atoms with E-state index >= 15 is 0 Å². The van der Waals surface area contributed by atoms with Crippen molar-refractivity contribution in [3.8, 4) is 0 Å². The van der Waals surface area contributed by atoms with Crippen molar-refractivity contribution in [3.05, 3.63) is 26.6 Å². The Balaban J connectivity index is 2.15. The lowest BCUT2D eigenvalue weighted by Gasteiger charge is -2.12. The van der Waals surface area contributed by atoms with E-state index in [1.54, 1.807) is 18.4 Å². The number of aryl methyl sites for hydroxylation is 1. The van der Waals surface area contributed by atoms with Crippen molar-refractivity contribution in [2.24, 2.45) is 12.9 Å². The van der Waals surface area contributed by atoms with Crippen LogP contribution in [0.1, 0.15) is 16.7 Å². The highest BCUT2D eigenvalue weighted by molar-refractivity contribution is 9.10. The van der Waals surface area contributed by atoms with Gasteiger partial charge in [0, 0.05) is 15.8 Å². The summed E-state index contributed by atoms with van der Waals surface area (Å²) in [5, 5.41) is 13.9. The molecule has 0 amide bonds. The standard InChI is InChI=1S/C8H11BrN6S/c1-15-13-7(12-14-15)4-6(11-10)8-5(9)2-3-16-8/h2-3,6,11H,4,10H2,1H3. The second-order valence-electron chi connectivity index (χ2n) is 3.25. The van der Waals surface area contributed by atoms with Crippen LogP contribution < -0.4 is 11.3 Å². The summed E-state index contributed by atoms with van der Waals surface area (Å²) in [4.78, 5) is 2.57. The third kappa shape index (κ3) is 2.46. The third-order valence-corrected chi connectivity index (χ3v) is 4.08. The maximum absolute atomic E-state index is 5.54. The van der Waals surface area contributed by atoms with Crippen LogP contribution in [0.3, 0.4) is 0 Å². The summed E-state index contributed by atoms with van der Waals surface area (Å²) >= 11 is 5.12. The van der Waals surface area contributed by atoms with Crippen LogP contribution in [-0.2, 0) is 13.5 Å². The van der Waals surface area contributed by atoms with Gasteiger partial charge in [0.2, 0.25) is 0 Å². The molecular weight excluding hydrogens is 292 g/mol. The van der Waals surface area contributed by atoms with Crippen LogP contribution in [0.15, 0.2) is 15.9 Å². The van der Waals surface area contributed by atoms with Gasteiger partial charge in [-0.3, -0.25) is 11.3 Å². The molecule has 2 rings (SSSR count). The molecular formula is C8H11BrN6S. The third-order valence-electron chi connectivity index (χ3n) is 2.10. The fourth-order valence-corrected chi connectivity index (χ4v) is 3.08. The van der Waals surface area contributed by atoms with Crippen molar-refractivity contribution in [1.29, 1.82) is 0 Å². The molecule has 1 unspecified atom stereocenters. The monoisotopic (exact) mass is 302 g/mol. The van der Waals surface area contributed by atoms with E-state index < -0.39 is 0 Å². The van der Waals surface area contributed by atoms with Crippen LogP contribution in [0, 0.1) is 0 Å². The highest BCUT2D eigenvalue weighted by Gasteiger charge is 2.17. The van der Waals surface area contributed by atoms with Crippen LogP contribution in [0.2, 0.25) is 0 Å². The molecule has 8 heteroatoms. The minimum atomic E-state index is -0.00132. The molecule has 0 spiro atoms. The number of hydrazine groups is 1. The van der Waals surface area contributed by atoms with Crippen molar-refractivity contribution in [2.75, 3.05) is 0 Å². The first kappa shape index (κ1) is 11.6. The van der Waals surface area contributed by atoms with Crippen molar-refractivity contribution in [1.82, 2.24) is 25.6 Å². The summed E-state index contributed by atoms with van der Waals surface area (Å²) in [6.45, 7) is 0.